The van der Waals surface area contributed by atoms with Crippen molar-refractivity contribution in [1.29, 1.82) is 0 Å². The fourth-order valence-electron chi connectivity index (χ4n) is 1.70. The molecule has 0 saturated heterocycles. The number of aromatic nitrogens is 3. The van der Waals surface area contributed by atoms with Gasteiger partial charge in [0.15, 0.2) is 5.82 Å². The van der Waals surface area contributed by atoms with Gasteiger partial charge < -0.3 is 4.90 Å². The number of aryl methyl sites for hydroxylation is 1. The van der Waals surface area contributed by atoms with E-state index in [1.807, 2.05) is 37.1 Å². The minimum Gasteiger partial charge on any atom is -0.352 e. The van der Waals surface area contributed by atoms with Gasteiger partial charge in [0.2, 0.25) is 5.95 Å². The molecule has 0 unspecified atom stereocenters. The van der Waals surface area contributed by atoms with Crippen LogP contribution in [0.3, 0.4) is 0 Å². The largest absolute Gasteiger partial charge is 0.352 e. The van der Waals surface area contributed by atoms with Crippen molar-refractivity contribution in [3.8, 4) is 0 Å². The second-order valence-electron chi connectivity index (χ2n) is 4.14. The van der Waals surface area contributed by atoms with Gasteiger partial charge in [-0.25, -0.2) is 10.8 Å². The molecule has 3 N–H and O–H groups in total. The first-order valence-electron chi connectivity index (χ1n) is 5.73. The molecule has 0 aliphatic rings. The summed E-state index contributed by atoms with van der Waals surface area (Å²) in [7, 11) is 1.89. The van der Waals surface area contributed by atoms with Crippen LogP contribution < -0.4 is 16.2 Å². The molecule has 0 bridgehead atoms. The van der Waals surface area contributed by atoms with Crippen molar-refractivity contribution in [1.82, 2.24) is 15.0 Å². The second kappa shape index (κ2) is 5.81. The number of pyridine rings is 1. The third kappa shape index (κ3) is 3.30. The highest BCUT2D eigenvalue weighted by atomic mass is 35.5. The van der Waals surface area contributed by atoms with Gasteiger partial charge in [-0.2, -0.15) is 4.98 Å². The summed E-state index contributed by atoms with van der Waals surface area (Å²) in [5, 5.41) is 0.467. The number of hydrogen-bond donors (Lipinski definition) is 2. The first-order valence-corrected chi connectivity index (χ1v) is 6.11. The summed E-state index contributed by atoms with van der Waals surface area (Å²) in [4.78, 5) is 14.5. The highest BCUT2D eigenvalue weighted by Crippen LogP contribution is 2.23. The van der Waals surface area contributed by atoms with Crippen molar-refractivity contribution < 1.29 is 0 Å². The number of nitrogens with zero attached hydrogens (tertiary/aromatic N) is 4. The molecule has 0 saturated carbocycles. The van der Waals surface area contributed by atoms with Crippen molar-refractivity contribution in [3.05, 3.63) is 40.8 Å². The van der Waals surface area contributed by atoms with Crippen molar-refractivity contribution in [2.75, 3.05) is 17.4 Å². The van der Waals surface area contributed by atoms with E-state index in [9.17, 15) is 0 Å². The van der Waals surface area contributed by atoms with Crippen LogP contribution in [0.5, 0.6) is 0 Å². The summed E-state index contributed by atoms with van der Waals surface area (Å²) in [5.74, 6) is 6.22. The van der Waals surface area contributed by atoms with Crippen molar-refractivity contribution >= 4 is 23.4 Å². The summed E-state index contributed by atoms with van der Waals surface area (Å²) >= 11 is 6.09. The van der Waals surface area contributed by atoms with Gasteiger partial charge in [-0.3, -0.25) is 10.4 Å². The summed E-state index contributed by atoms with van der Waals surface area (Å²) in [6.45, 7) is 2.56. The van der Waals surface area contributed by atoms with Gasteiger partial charge in [0.25, 0.3) is 0 Å². The van der Waals surface area contributed by atoms with E-state index in [-0.39, 0.29) is 0 Å². The topological polar surface area (TPSA) is 80.0 Å². The lowest BCUT2D eigenvalue weighted by Crippen LogP contribution is -2.20. The minimum absolute atomic E-state index is 0.323. The first kappa shape index (κ1) is 13.5. The van der Waals surface area contributed by atoms with Crippen molar-refractivity contribution in [3.63, 3.8) is 0 Å². The van der Waals surface area contributed by atoms with Crippen LogP contribution in [0.4, 0.5) is 11.8 Å². The van der Waals surface area contributed by atoms with E-state index in [0.29, 0.717) is 23.3 Å². The zero-order valence-corrected chi connectivity index (χ0v) is 11.5. The van der Waals surface area contributed by atoms with Crippen LogP contribution in [-0.4, -0.2) is 22.0 Å². The lowest BCUT2D eigenvalue weighted by molar-refractivity contribution is 0.855. The van der Waals surface area contributed by atoms with Gasteiger partial charge >= 0.3 is 0 Å². The van der Waals surface area contributed by atoms with Crippen LogP contribution in [0.1, 0.15) is 11.4 Å². The molecule has 0 radical (unpaired) electrons. The number of hydrogen-bond acceptors (Lipinski definition) is 6. The van der Waals surface area contributed by atoms with Gasteiger partial charge in [0, 0.05) is 12.7 Å². The molecule has 2 rings (SSSR count). The van der Waals surface area contributed by atoms with E-state index < -0.39 is 0 Å². The number of anilines is 2. The zero-order chi connectivity index (χ0) is 13.8. The quantitative estimate of drug-likeness (QED) is 0.655. The van der Waals surface area contributed by atoms with Crippen molar-refractivity contribution in [2.45, 2.75) is 13.5 Å². The van der Waals surface area contributed by atoms with E-state index in [0.717, 1.165) is 11.4 Å². The molecule has 0 amide bonds. The number of rotatable bonds is 4. The predicted molar refractivity (Wildman–Crippen MR) is 75.9 cm³/mol. The Labute approximate surface area is 116 Å². The molecule has 0 atom stereocenters. The molecule has 2 aromatic heterocycles. The molecule has 0 aliphatic heterocycles. The van der Waals surface area contributed by atoms with Crippen molar-refractivity contribution in [2.24, 2.45) is 5.84 Å². The van der Waals surface area contributed by atoms with Crippen LogP contribution in [-0.2, 0) is 6.54 Å². The van der Waals surface area contributed by atoms with E-state index >= 15 is 0 Å². The molecule has 100 valence electrons. The maximum Gasteiger partial charge on any atom is 0.239 e. The standard InChI is InChI=1S/C12H15ClN6/c1-8-4-3-5-9(16-8)7-19(2)11-10(13)6-15-12(17-11)18-14/h3-6H,7,14H2,1-2H3,(H,15,17,18). The Hall–Kier alpha value is -1.92. The Morgan fingerprint density at radius 2 is 2.16 bits per heavy atom. The van der Waals surface area contributed by atoms with E-state index in [1.54, 1.807) is 0 Å². The first-order chi connectivity index (χ1) is 9.10. The van der Waals surface area contributed by atoms with Crippen LogP contribution in [0.15, 0.2) is 24.4 Å². The fourth-order valence-corrected chi connectivity index (χ4v) is 1.94. The lowest BCUT2D eigenvalue weighted by Gasteiger charge is -2.19. The van der Waals surface area contributed by atoms with Gasteiger partial charge in [-0.05, 0) is 19.1 Å². The number of hydrazine groups is 1. The normalized spacial score (nSPS) is 10.3. The molecule has 2 aromatic rings. The third-order valence-corrected chi connectivity index (χ3v) is 2.83. The van der Waals surface area contributed by atoms with E-state index in [2.05, 4.69) is 20.4 Å². The predicted octanol–water partition coefficient (Wildman–Crippen LogP) is 1.76. The average molecular weight is 279 g/mol. The van der Waals surface area contributed by atoms with Gasteiger partial charge in [0.1, 0.15) is 5.02 Å². The summed E-state index contributed by atoms with van der Waals surface area (Å²) in [6.07, 6.45) is 1.51. The Kier molecular flexibility index (Phi) is 4.13. The molecular formula is C12H15ClN6. The maximum atomic E-state index is 6.09. The lowest BCUT2D eigenvalue weighted by atomic mass is 10.3. The van der Waals surface area contributed by atoms with Gasteiger partial charge in [-0.15, -0.1) is 0 Å². The second-order valence-corrected chi connectivity index (χ2v) is 4.54. The van der Waals surface area contributed by atoms with Crippen LogP contribution >= 0.6 is 11.6 Å². The average Bonchev–Trinajstić information content (AvgIpc) is 2.39. The maximum absolute atomic E-state index is 6.09. The van der Waals surface area contributed by atoms with Crippen LogP contribution in [0, 0.1) is 6.92 Å². The SMILES string of the molecule is Cc1cccc(CN(C)c2nc(NN)ncc2Cl)n1. The third-order valence-electron chi connectivity index (χ3n) is 2.56. The summed E-state index contributed by atoms with van der Waals surface area (Å²) < 4.78 is 0. The Morgan fingerprint density at radius 3 is 2.84 bits per heavy atom. The van der Waals surface area contributed by atoms with E-state index in [4.69, 9.17) is 17.4 Å². The molecule has 19 heavy (non-hydrogen) atoms. The number of nitrogen functional groups attached to an aromatic ring is 1. The molecular weight excluding hydrogens is 264 g/mol. The van der Waals surface area contributed by atoms with Crippen LogP contribution in [0.25, 0.3) is 0 Å². The molecule has 0 aromatic carbocycles. The summed E-state index contributed by atoms with van der Waals surface area (Å²) in [6, 6.07) is 5.89. The Bertz CT molecular complexity index is 574. The molecule has 0 spiro atoms. The summed E-state index contributed by atoms with van der Waals surface area (Å²) in [5.41, 5.74) is 4.32. The Balaban J connectivity index is 2.22. The Morgan fingerprint density at radius 1 is 1.37 bits per heavy atom. The smallest absolute Gasteiger partial charge is 0.239 e. The molecule has 0 fully saturated rings. The zero-order valence-electron chi connectivity index (χ0n) is 10.8. The number of nitrogens with one attached hydrogen (secondary N) is 1. The number of halogens is 1. The van der Waals surface area contributed by atoms with Gasteiger partial charge in [0.05, 0.1) is 18.4 Å². The monoisotopic (exact) mass is 278 g/mol. The highest BCUT2D eigenvalue weighted by Gasteiger charge is 2.11. The fraction of sp³-hybridized carbons (Fsp3) is 0.250. The molecule has 0 aliphatic carbocycles. The van der Waals surface area contributed by atoms with Gasteiger partial charge in [-0.1, -0.05) is 17.7 Å². The molecule has 6 nitrogen and oxygen atoms in total. The molecule has 7 heteroatoms. The van der Waals surface area contributed by atoms with E-state index in [1.165, 1.54) is 6.20 Å². The minimum atomic E-state index is 0.323. The number of nitrogens with two attached hydrogens (primary N) is 1. The molecule has 2 heterocycles. The van der Waals surface area contributed by atoms with Crippen LogP contribution in [0.2, 0.25) is 5.02 Å². The highest BCUT2D eigenvalue weighted by molar-refractivity contribution is 6.32.